The second-order valence-corrected chi connectivity index (χ2v) is 4.23. The molecule has 2 rings (SSSR count). The molecule has 0 aromatic carbocycles. The van der Waals surface area contributed by atoms with Gasteiger partial charge in [-0.3, -0.25) is 14.3 Å². The largest absolute Gasteiger partial charge is 0.465 e. The van der Waals surface area contributed by atoms with Crippen LogP contribution in [0.2, 0.25) is 0 Å². The molecule has 1 atom stereocenters. The van der Waals surface area contributed by atoms with Crippen molar-refractivity contribution in [3.8, 4) is 0 Å². The third kappa shape index (κ3) is 2.34. The Morgan fingerprint density at radius 3 is 2.79 bits per heavy atom. The number of rotatable bonds is 3. The van der Waals surface area contributed by atoms with Crippen LogP contribution in [0, 0.1) is 0 Å². The smallest absolute Gasteiger partial charge is 0.404 e. The molecule has 19 heavy (non-hydrogen) atoms. The fourth-order valence-electron chi connectivity index (χ4n) is 1.69. The van der Waals surface area contributed by atoms with Crippen molar-refractivity contribution in [1.82, 2.24) is 24.8 Å². The lowest BCUT2D eigenvalue weighted by atomic mass is 10.2. The summed E-state index contributed by atoms with van der Waals surface area (Å²) >= 11 is 0. The summed E-state index contributed by atoms with van der Waals surface area (Å²) in [7, 11) is 1.49. The van der Waals surface area contributed by atoms with Crippen molar-refractivity contribution in [3.05, 3.63) is 26.7 Å². The molecule has 2 aromatic heterocycles. The first-order valence-electron chi connectivity index (χ1n) is 5.56. The number of hydrogen-bond acceptors (Lipinski definition) is 4. The van der Waals surface area contributed by atoms with E-state index >= 15 is 0 Å². The number of imidazole rings is 1. The zero-order valence-electron chi connectivity index (χ0n) is 10.4. The van der Waals surface area contributed by atoms with E-state index in [1.54, 1.807) is 6.92 Å². The van der Waals surface area contributed by atoms with Crippen LogP contribution in [0.1, 0.15) is 18.7 Å². The predicted molar refractivity (Wildman–Crippen MR) is 66.4 cm³/mol. The van der Waals surface area contributed by atoms with Gasteiger partial charge in [-0.05, 0) is 0 Å². The number of nitrogens with zero attached hydrogens (tertiary/aromatic N) is 2. The second kappa shape index (κ2) is 4.59. The fourth-order valence-corrected chi connectivity index (χ4v) is 1.69. The highest BCUT2D eigenvalue weighted by molar-refractivity contribution is 5.69. The summed E-state index contributed by atoms with van der Waals surface area (Å²) < 4.78 is 1.22. The number of nitrogens with one attached hydrogen (secondary N) is 3. The van der Waals surface area contributed by atoms with Gasteiger partial charge in [-0.2, -0.15) is 0 Å². The molecule has 1 unspecified atom stereocenters. The van der Waals surface area contributed by atoms with E-state index in [-0.39, 0.29) is 23.6 Å². The van der Waals surface area contributed by atoms with Crippen molar-refractivity contribution in [2.75, 3.05) is 6.54 Å². The average molecular weight is 267 g/mol. The number of aryl methyl sites for hydroxylation is 1. The van der Waals surface area contributed by atoms with Crippen molar-refractivity contribution in [1.29, 1.82) is 0 Å². The summed E-state index contributed by atoms with van der Waals surface area (Å²) in [6, 6.07) is 0. The highest BCUT2D eigenvalue weighted by Gasteiger charge is 2.15. The summed E-state index contributed by atoms with van der Waals surface area (Å²) in [5.41, 5.74) is -0.660. The van der Waals surface area contributed by atoms with Gasteiger partial charge in [0.15, 0.2) is 5.65 Å². The molecule has 0 saturated heterocycles. The van der Waals surface area contributed by atoms with Crippen molar-refractivity contribution in [3.63, 3.8) is 0 Å². The Kier molecular flexibility index (Phi) is 3.11. The topological polar surface area (TPSA) is 133 Å². The molecule has 0 aliphatic carbocycles. The standard InChI is InChI=1S/C10H13N5O4/c1-4(3-11-10(18)19)6-12-5-7(13-6)15(2)9(17)14-8(5)16/h4,11H,3H2,1-2H3,(H,12,13)(H,18,19)(H,14,16,17). The lowest BCUT2D eigenvalue weighted by Crippen LogP contribution is -2.28. The summed E-state index contributed by atoms with van der Waals surface area (Å²) in [6.45, 7) is 1.90. The Morgan fingerprint density at radius 2 is 2.16 bits per heavy atom. The van der Waals surface area contributed by atoms with E-state index in [0.717, 1.165) is 0 Å². The first-order chi connectivity index (χ1) is 8.90. The van der Waals surface area contributed by atoms with E-state index in [0.29, 0.717) is 5.82 Å². The van der Waals surface area contributed by atoms with Gasteiger partial charge in [-0.1, -0.05) is 6.92 Å². The minimum absolute atomic E-state index is 0.154. The molecule has 9 nitrogen and oxygen atoms in total. The van der Waals surface area contributed by atoms with Gasteiger partial charge in [0, 0.05) is 19.5 Å². The van der Waals surface area contributed by atoms with E-state index in [1.807, 2.05) is 0 Å². The summed E-state index contributed by atoms with van der Waals surface area (Å²) in [5.74, 6) is 0.188. The van der Waals surface area contributed by atoms with Gasteiger partial charge in [0.05, 0.1) is 0 Å². The van der Waals surface area contributed by atoms with Crippen LogP contribution < -0.4 is 16.6 Å². The van der Waals surface area contributed by atoms with Crippen LogP contribution >= 0.6 is 0 Å². The fraction of sp³-hybridized carbons (Fsp3) is 0.400. The number of aromatic amines is 2. The normalized spacial score (nSPS) is 12.5. The summed E-state index contributed by atoms with van der Waals surface area (Å²) in [4.78, 5) is 42.6. The van der Waals surface area contributed by atoms with E-state index in [4.69, 9.17) is 5.11 Å². The second-order valence-electron chi connectivity index (χ2n) is 4.23. The van der Waals surface area contributed by atoms with E-state index < -0.39 is 17.3 Å². The zero-order chi connectivity index (χ0) is 14.2. The van der Waals surface area contributed by atoms with Crippen LogP contribution in [0.3, 0.4) is 0 Å². The Labute approximate surface area is 106 Å². The van der Waals surface area contributed by atoms with E-state index in [1.165, 1.54) is 11.6 Å². The van der Waals surface area contributed by atoms with Gasteiger partial charge in [0.2, 0.25) is 0 Å². The molecule has 0 bridgehead atoms. The lowest BCUT2D eigenvalue weighted by Gasteiger charge is -2.07. The molecular weight excluding hydrogens is 254 g/mol. The molecule has 0 aliphatic heterocycles. The van der Waals surface area contributed by atoms with Crippen LogP contribution in [0.4, 0.5) is 4.79 Å². The average Bonchev–Trinajstić information content (AvgIpc) is 2.78. The third-order valence-electron chi connectivity index (χ3n) is 2.80. The van der Waals surface area contributed by atoms with Crippen molar-refractivity contribution < 1.29 is 9.90 Å². The molecule has 4 N–H and O–H groups in total. The number of carboxylic acid groups (broad SMARTS) is 1. The van der Waals surface area contributed by atoms with Gasteiger partial charge >= 0.3 is 11.8 Å². The predicted octanol–water partition coefficient (Wildman–Crippen LogP) is -0.679. The zero-order valence-corrected chi connectivity index (χ0v) is 10.4. The van der Waals surface area contributed by atoms with E-state index in [9.17, 15) is 14.4 Å². The number of aromatic nitrogens is 4. The van der Waals surface area contributed by atoms with Crippen LogP contribution in [0.25, 0.3) is 11.2 Å². The lowest BCUT2D eigenvalue weighted by molar-refractivity contribution is 0.194. The number of carbonyl (C=O) groups is 1. The first-order valence-corrected chi connectivity index (χ1v) is 5.56. The monoisotopic (exact) mass is 267 g/mol. The molecule has 102 valence electrons. The quantitative estimate of drug-likeness (QED) is 0.584. The number of fused-ring (bicyclic) bond motifs is 1. The van der Waals surface area contributed by atoms with Gasteiger partial charge in [-0.25, -0.2) is 14.6 Å². The van der Waals surface area contributed by atoms with Crippen molar-refractivity contribution in [2.24, 2.45) is 7.05 Å². The van der Waals surface area contributed by atoms with Gasteiger partial charge in [0.1, 0.15) is 11.3 Å². The van der Waals surface area contributed by atoms with Crippen molar-refractivity contribution in [2.45, 2.75) is 12.8 Å². The van der Waals surface area contributed by atoms with Crippen LogP contribution in [-0.4, -0.2) is 37.3 Å². The number of amides is 1. The molecule has 9 heteroatoms. The Hall–Kier alpha value is -2.58. The third-order valence-corrected chi connectivity index (χ3v) is 2.80. The van der Waals surface area contributed by atoms with Gasteiger partial charge in [-0.15, -0.1) is 0 Å². The molecule has 1 amide bonds. The first kappa shape index (κ1) is 12.9. The molecule has 0 fully saturated rings. The molecule has 0 aliphatic rings. The molecule has 0 saturated carbocycles. The molecule has 0 spiro atoms. The van der Waals surface area contributed by atoms with Crippen LogP contribution in [0.5, 0.6) is 0 Å². The summed E-state index contributed by atoms with van der Waals surface area (Å²) in [5, 5.41) is 10.8. The highest BCUT2D eigenvalue weighted by atomic mass is 16.4. The minimum Gasteiger partial charge on any atom is -0.465 e. The minimum atomic E-state index is -1.13. The molecule has 0 radical (unpaired) electrons. The highest BCUT2D eigenvalue weighted by Crippen LogP contribution is 2.13. The maximum atomic E-state index is 11.6. The molecule has 2 heterocycles. The maximum Gasteiger partial charge on any atom is 0.404 e. The van der Waals surface area contributed by atoms with Crippen LogP contribution in [0.15, 0.2) is 9.59 Å². The SMILES string of the molecule is CC(CNC(=O)O)c1nc2c([nH]1)c(=O)[nH]c(=O)n2C. The Bertz CT molecular complexity index is 740. The van der Waals surface area contributed by atoms with Crippen molar-refractivity contribution >= 4 is 17.3 Å². The van der Waals surface area contributed by atoms with Gasteiger partial charge in [0.25, 0.3) is 5.56 Å². The number of hydrogen-bond donors (Lipinski definition) is 4. The summed E-state index contributed by atoms with van der Waals surface area (Å²) in [6.07, 6.45) is -1.13. The van der Waals surface area contributed by atoms with Crippen LogP contribution in [-0.2, 0) is 7.05 Å². The molecular formula is C10H13N5O4. The number of H-pyrrole nitrogens is 2. The molecule has 2 aromatic rings. The van der Waals surface area contributed by atoms with Gasteiger partial charge < -0.3 is 15.4 Å². The maximum absolute atomic E-state index is 11.6. The van der Waals surface area contributed by atoms with E-state index in [2.05, 4.69) is 20.3 Å². The Morgan fingerprint density at radius 1 is 1.47 bits per heavy atom. The Balaban J connectivity index is 2.44.